The minimum absolute atomic E-state index is 0.628. The van der Waals surface area contributed by atoms with Crippen LogP contribution in [0.1, 0.15) is 14.7 Å². The zero-order valence-corrected chi connectivity index (χ0v) is 5.12. The van der Waals surface area contributed by atoms with Crippen LogP contribution in [0.3, 0.4) is 0 Å². The SMILES string of the molecule is [3H]CCC[SiH3]. The minimum Gasteiger partial charge on any atom is -0.0661 e. The second kappa shape index (κ2) is 3.22. The average molecular weight is 76.2 g/mol. The van der Waals surface area contributed by atoms with E-state index in [2.05, 4.69) is 0 Å². The van der Waals surface area contributed by atoms with Gasteiger partial charge < -0.3 is 0 Å². The molecule has 0 fully saturated rings. The van der Waals surface area contributed by atoms with Crippen LogP contribution >= 0.6 is 0 Å². The molecule has 0 saturated carbocycles. The van der Waals surface area contributed by atoms with Crippen LogP contribution in [0.4, 0.5) is 0 Å². The van der Waals surface area contributed by atoms with Crippen molar-refractivity contribution in [2.45, 2.75) is 19.4 Å². The lowest BCUT2D eigenvalue weighted by atomic mass is 10.6. The smallest absolute Gasteiger partial charge is 0.0230 e. The highest BCUT2D eigenvalue weighted by Crippen LogP contribution is 1.73. The van der Waals surface area contributed by atoms with Crippen molar-refractivity contribution in [1.29, 1.82) is 0 Å². The van der Waals surface area contributed by atoms with Crippen molar-refractivity contribution in [3.8, 4) is 0 Å². The normalized spacial score (nSPS) is 11.5. The maximum atomic E-state index is 6.62. The van der Waals surface area contributed by atoms with E-state index in [1.807, 2.05) is 0 Å². The van der Waals surface area contributed by atoms with Crippen LogP contribution in [0.15, 0.2) is 0 Å². The minimum atomic E-state index is 0.628. The van der Waals surface area contributed by atoms with Gasteiger partial charge in [0, 0.05) is 11.6 Å². The molecule has 0 heterocycles. The van der Waals surface area contributed by atoms with Gasteiger partial charge >= 0.3 is 0 Å². The predicted molar refractivity (Wildman–Crippen MR) is 25.0 cm³/mol. The third kappa shape index (κ3) is 2.22. The fourth-order valence-electron chi connectivity index (χ4n) is 0. The van der Waals surface area contributed by atoms with Gasteiger partial charge in [0.2, 0.25) is 0 Å². The van der Waals surface area contributed by atoms with Gasteiger partial charge in [-0.2, -0.15) is 0 Å². The van der Waals surface area contributed by atoms with Crippen molar-refractivity contribution >= 4 is 10.2 Å². The van der Waals surface area contributed by atoms with E-state index in [0.29, 0.717) is 6.90 Å². The van der Waals surface area contributed by atoms with E-state index in [0.717, 1.165) is 6.42 Å². The van der Waals surface area contributed by atoms with Crippen molar-refractivity contribution in [3.63, 3.8) is 0 Å². The van der Waals surface area contributed by atoms with Gasteiger partial charge in [-0.05, 0) is 0 Å². The molecule has 0 nitrogen and oxygen atoms in total. The molecule has 0 bridgehead atoms. The Bertz CT molecular complexity index is 14.4. The quantitative estimate of drug-likeness (QED) is 0.391. The summed E-state index contributed by atoms with van der Waals surface area (Å²) in [7, 11) is 1.28. The summed E-state index contributed by atoms with van der Waals surface area (Å²) in [6.07, 6.45) is 1.12. The Morgan fingerprint density at radius 2 is 3.00 bits per heavy atom. The van der Waals surface area contributed by atoms with Crippen molar-refractivity contribution in [2.24, 2.45) is 0 Å². The van der Waals surface area contributed by atoms with Crippen LogP contribution in [0.2, 0.25) is 6.04 Å². The standard InChI is InChI=1S/C3H10Si/c1-2-3-4/h2-3H2,1,4H3/i1T. The molecule has 0 atom stereocenters. The van der Waals surface area contributed by atoms with Crippen LogP contribution in [-0.2, 0) is 0 Å². The Morgan fingerprint density at radius 3 is 3.00 bits per heavy atom. The maximum Gasteiger partial charge on any atom is 0.0230 e. The molecule has 0 unspecified atom stereocenters. The van der Waals surface area contributed by atoms with E-state index in [-0.39, 0.29) is 0 Å². The summed E-state index contributed by atoms with van der Waals surface area (Å²) in [6.45, 7) is 0.628. The first-order valence-corrected chi connectivity index (χ1v) is 3.12. The highest BCUT2D eigenvalue weighted by Gasteiger charge is 1.57. The lowest BCUT2D eigenvalue weighted by Gasteiger charge is -1.67. The van der Waals surface area contributed by atoms with Gasteiger partial charge in [0.05, 0.1) is 0 Å². The first-order valence-electron chi connectivity index (χ1n) is 2.41. The number of rotatable bonds is 1. The molecule has 0 aliphatic heterocycles. The van der Waals surface area contributed by atoms with E-state index < -0.39 is 0 Å². The van der Waals surface area contributed by atoms with Crippen molar-refractivity contribution in [3.05, 3.63) is 0 Å². The molecule has 0 N–H and O–H groups in total. The lowest BCUT2D eigenvalue weighted by Crippen LogP contribution is -1.55. The fraction of sp³-hybridized carbons (Fsp3) is 1.00. The molecule has 0 spiro atoms. The zero-order valence-electron chi connectivity index (χ0n) is 4.12. The first kappa shape index (κ1) is 2.45. The van der Waals surface area contributed by atoms with Gasteiger partial charge in [-0.15, -0.1) is 0 Å². The number of hydrogen-bond donors (Lipinski definition) is 0. The topological polar surface area (TPSA) is 0 Å². The monoisotopic (exact) mass is 76.1 g/mol. The van der Waals surface area contributed by atoms with Crippen LogP contribution in [0, 0.1) is 0 Å². The molecule has 0 aromatic rings. The zero-order chi connectivity index (χ0) is 4.12. The summed E-state index contributed by atoms with van der Waals surface area (Å²) >= 11 is 0. The van der Waals surface area contributed by atoms with Gasteiger partial charge in [-0.1, -0.05) is 19.4 Å². The van der Waals surface area contributed by atoms with E-state index in [1.54, 1.807) is 0 Å². The molecule has 4 heavy (non-hydrogen) atoms. The molecule has 26 valence electrons. The molecule has 0 saturated heterocycles. The van der Waals surface area contributed by atoms with Gasteiger partial charge in [0.1, 0.15) is 0 Å². The van der Waals surface area contributed by atoms with E-state index in [1.165, 1.54) is 16.3 Å². The third-order valence-corrected chi connectivity index (χ3v) is 1.06. The molecule has 0 aromatic heterocycles. The highest BCUT2D eigenvalue weighted by molar-refractivity contribution is 6.08. The fourth-order valence-corrected chi connectivity index (χ4v) is 0. The molecule has 0 amide bonds. The molecular weight excluding hydrogens is 64.1 g/mol. The molecular formula is C3H10Si. The second-order valence-corrected chi connectivity index (χ2v) is 1.85. The van der Waals surface area contributed by atoms with Gasteiger partial charge in [0.25, 0.3) is 0 Å². The number of hydrogen-bond acceptors (Lipinski definition) is 0. The van der Waals surface area contributed by atoms with E-state index in [4.69, 9.17) is 1.37 Å². The molecule has 0 radical (unpaired) electrons. The van der Waals surface area contributed by atoms with E-state index >= 15 is 0 Å². The van der Waals surface area contributed by atoms with Crippen molar-refractivity contribution in [1.82, 2.24) is 0 Å². The Kier molecular flexibility index (Phi) is 1.97. The first-order chi connectivity index (χ1) is 2.41. The van der Waals surface area contributed by atoms with Gasteiger partial charge in [-0.25, -0.2) is 0 Å². The summed E-state index contributed by atoms with van der Waals surface area (Å²) in [6, 6.07) is 1.30. The van der Waals surface area contributed by atoms with Gasteiger partial charge in [-0.3, -0.25) is 0 Å². The summed E-state index contributed by atoms with van der Waals surface area (Å²) < 4.78 is 6.62. The Hall–Kier alpha value is 0.217. The average Bonchev–Trinajstić information content (AvgIpc) is 1.41. The largest absolute Gasteiger partial charge is 0.0661 e. The highest BCUT2D eigenvalue weighted by atomic mass is 28.1. The lowest BCUT2D eigenvalue weighted by molar-refractivity contribution is 1.08. The molecule has 0 aromatic carbocycles. The van der Waals surface area contributed by atoms with E-state index in [9.17, 15) is 0 Å². The third-order valence-electron chi connectivity index (χ3n) is 0.354. The van der Waals surface area contributed by atoms with Crippen molar-refractivity contribution < 1.29 is 1.37 Å². The van der Waals surface area contributed by atoms with Gasteiger partial charge in [0.15, 0.2) is 0 Å². The van der Waals surface area contributed by atoms with Crippen LogP contribution < -0.4 is 0 Å². The van der Waals surface area contributed by atoms with Crippen LogP contribution in [0.25, 0.3) is 0 Å². The maximum absolute atomic E-state index is 6.62. The summed E-state index contributed by atoms with van der Waals surface area (Å²) in [5.74, 6) is 0. The van der Waals surface area contributed by atoms with Crippen LogP contribution in [-0.4, -0.2) is 10.2 Å². The Morgan fingerprint density at radius 1 is 2.25 bits per heavy atom. The summed E-state index contributed by atoms with van der Waals surface area (Å²) in [4.78, 5) is 0. The molecule has 0 aliphatic carbocycles. The summed E-state index contributed by atoms with van der Waals surface area (Å²) in [5.41, 5.74) is 0. The van der Waals surface area contributed by atoms with Crippen molar-refractivity contribution in [2.75, 3.05) is 0 Å². The second-order valence-electron chi connectivity index (χ2n) is 0.854. The Balaban J connectivity index is 2.19. The molecule has 0 aliphatic rings. The molecule has 1 heteroatoms. The van der Waals surface area contributed by atoms with Crippen LogP contribution in [0.5, 0.6) is 0 Å². The summed E-state index contributed by atoms with van der Waals surface area (Å²) in [5, 5.41) is 0. The molecule has 0 rings (SSSR count). The predicted octanol–water partition coefficient (Wildman–Crippen LogP) is 0.180. The Labute approximate surface area is 32.0 Å².